The highest BCUT2D eigenvalue weighted by atomic mass is 16.6. The van der Waals surface area contributed by atoms with E-state index in [0.717, 1.165) is 0 Å². The van der Waals surface area contributed by atoms with Gasteiger partial charge in [-0.25, -0.2) is 4.79 Å². The number of ether oxygens (including phenoxy) is 1. The van der Waals surface area contributed by atoms with E-state index in [2.05, 4.69) is 10.6 Å². The van der Waals surface area contributed by atoms with Crippen LogP contribution < -0.4 is 10.6 Å². The lowest BCUT2D eigenvalue weighted by Crippen LogP contribution is -2.71. The van der Waals surface area contributed by atoms with Crippen molar-refractivity contribution < 1.29 is 29.0 Å². The molecule has 2 fully saturated rings. The van der Waals surface area contributed by atoms with Gasteiger partial charge in [0, 0.05) is 19.5 Å². The lowest BCUT2D eigenvalue weighted by atomic mass is 9.83. The molecular weight excluding hydrogens is 330 g/mol. The van der Waals surface area contributed by atoms with Crippen molar-refractivity contribution in [3.8, 4) is 0 Å². The van der Waals surface area contributed by atoms with E-state index >= 15 is 0 Å². The number of amides is 3. The van der Waals surface area contributed by atoms with Crippen LogP contribution in [0, 0.1) is 0 Å². The van der Waals surface area contributed by atoms with Crippen LogP contribution in [0.2, 0.25) is 0 Å². The molecule has 1 atom stereocenters. The number of nitrogens with zero attached hydrogens (tertiary/aromatic N) is 1. The average molecular weight is 355 g/mol. The Kier molecular flexibility index (Phi) is 5.24. The van der Waals surface area contributed by atoms with E-state index in [0.29, 0.717) is 13.1 Å². The zero-order valence-electron chi connectivity index (χ0n) is 14.8. The van der Waals surface area contributed by atoms with Gasteiger partial charge in [0.1, 0.15) is 17.2 Å². The molecule has 0 aromatic heterocycles. The van der Waals surface area contributed by atoms with Gasteiger partial charge < -0.3 is 25.4 Å². The predicted octanol–water partition coefficient (Wildman–Crippen LogP) is 0.236. The fourth-order valence-electron chi connectivity index (χ4n) is 2.96. The summed E-state index contributed by atoms with van der Waals surface area (Å²) in [6, 6.07) is -0.835. The molecule has 0 unspecified atom stereocenters. The number of rotatable bonds is 3. The van der Waals surface area contributed by atoms with E-state index in [-0.39, 0.29) is 37.5 Å². The third-order valence-corrected chi connectivity index (χ3v) is 4.33. The molecule has 140 valence electrons. The number of hydrogen-bond donors (Lipinski definition) is 3. The molecule has 9 nitrogen and oxygen atoms in total. The first-order chi connectivity index (χ1) is 11.5. The van der Waals surface area contributed by atoms with Crippen molar-refractivity contribution in [2.24, 2.45) is 0 Å². The van der Waals surface area contributed by atoms with E-state index in [4.69, 9.17) is 9.84 Å². The molecular formula is C16H25N3O6. The van der Waals surface area contributed by atoms with Crippen LogP contribution in [0.3, 0.4) is 0 Å². The fraction of sp³-hybridized carbons (Fsp3) is 0.750. The second kappa shape index (κ2) is 6.89. The van der Waals surface area contributed by atoms with Gasteiger partial charge in [-0.2, -0.15) is 0 Å². The number of likely N-dealkylation sites (tertiary alicyclic amines) is 1. The third-order valence-electron chi connectivity index (χ3n) is 4.33. The Bertz CT molecular complexity index is 575. The smallest absolute Gasteiger partial charge is 0.410 e. The number of aliphatic carboxylic acids is 1. The van der Waals surface area contributed by atoms with Gasteiger partial charge in [0.05, 0.1) is 0 Å². The maximum Gasteiger partial charge on any atom is 0.410 e. The normalized spacial score (nSPS) is 23.0. The molecule has 1 spiro atoms. The molecule has 3 amide bonds. The molecule has 0 aromatic rings. The first-order valence-electron chi connectivity index (χ1n) is 8.35. The maximum absolute atomic E-state index is 12.5. The van der Waals surface area contributed by atoms with Crippen molar-refractivity contribution >= 4 is 23.9 Å². The van der Waals surface area contributed by atoms with E-state index < -0.39 is 29.2 Å². The molecule has 0 saturated carbocycles. The van der Waals surface area contributed by atoms with Gasteiger partial charge in [0.2, 0.25) is 11.8 Å². The number of carbonyl (C=O) groups is 4. The first kappa shape index (κ1) is 19.0. The van der Waals surface area contributed by atoms with Crippen molar-refractivity contribution in [2.75, 3.05) is 13.1 Å². The van der Waals surface area contributed by atoms with Crippen LogP contribution in [0.15, 0.2) is 0 Å². The molecule has 0 radical (unpaired) electrons. The van der Waals surface area contributed by atoms with Gasteiger partial charge in [0.15, 0.2) is 0 Å². The summed E-state index contributed by atoms with van der Waals surface area (Å²) in [5.41, 5.74) is -1.64. The van der Waals surface area contributed by atoms with E-state index in [1.807, 2.05) is 0 Å². The zero-order valence-corrected chi connectivity index (χ0v) is 14.8. The summed E-state index contributed by atoms with van der Waals surface area (Å²) in [5.74, 6) is -1.73. The Balaban J connectivity index is 1.94. The van der Waals surface area contributed by atoms with Gasteiger partial charge in [-0.3, -0.25) is 14.4 Å². The van der Waals surface area contributed by atoms with Crippen LogP contribution in [0.4, 0.5) is 4.79 Å². The minimum atomic E-state index is -1.05. The summed E-state index contributed by atoms with van der Waals surface area (Å²) in [4.78, 5) is 48.9. The topological polar surface area (TPSA) is 125 Å². The molecule has 0 aromatic carbocycles. The highest BCUT2D eigenvalue weighted by Gasteiger charge is 2.48. The third kappa shape index (κ3) is 4.61. The molecule has 3 N–H and O–H groups in total. The Morgan fingerprint density at radius 2 is 1.88 bits per heavy atom. The largest absolute Gasteiger partial charge is 0.481 e. The van der Waals surface area contributed by atoms with Gasteiger partial charge in [-0.1, -0.05) is 0 Å². The second-order valence-corrected chi connectivity index (χ2v) is 7.50. The molecule has 2 aliphatic rings. The lowest BCUT2D eigenvalue weighted by Gasteiger charge is -2.44. The molecule has 9 heteroatoms. The number of nitrogens with one attached hydrogen (secondary N) is 2. The highest BCUT2D eigenvalue weighted by Crippen LogP contribution is 2.27. The standard InChI is InChI=1S/C16H25N3O6/c1-15(2,3)25-14(24)19-8-6-16(7-9-19)13(23)17-10(12(22)18-16)4-5-11(20)21/h10H,4-9H2,1-3H3,(H,17,23)(H,18,22)(H,20,21)/t10-/m0/s1. The van der Waals surface area contributed by atoms with Crippen molar-refractivity contribution in [2.45, 2.75) is 63.6 Å². The minimum Gasteiger partial charge on any atom is -0.481 e. The van der Waals surface area contributed by atoms with Crippen molar-refractivity contribution in [3.05, 3.63) is 0 Å². The summed E-state index contributed by atoms with van der Waals surface area (Å²) < 4.78 is 5.32. The molecule has 2 rings (SSSR count). The zero-order chi connectivity index (χ0) is 18.8. The number of piperazine rings is 1. The molecule has 2 saturated heterocycles. The number of piperidine rings is 1. The van der Waals surface area contributed by atoms with Gasteiger partial charge in [-0.05, 0) is 40.0 Å². The number of carboxylic acid groups (broad SMARTS) is 1. The van der Waals surface area contributed by atoms with Gasteiger partial charge in [-0.15, -0.1) is 0 Å². The average Bonchev–Trinajstić information content (AvgIpc) is 2.48. The molecule has 2 heterocycles. The number of carboxylic acids is 1. The quantitative estimate of drug-likeness (QED) is 0.666. The monoisotopic (exact) mass is 355 g/mol. The minimum absolute atomic E-state index is 0.0486. The van der Waals surface area contributed by atoms with Crippen LogP contribution in [0.5, 0.6) is 0 Å². The van der Waals surface area contributed by atoms with Crippen LogP contribution in [-0.2, 0) is 19.1 Å². The molecule has 0 bridgehead atoms. The first-order valence-corrected chi connectivity index (χ1v) is 8.35. The molecule has 2 aliphatic heterocycles. The Hall–Kier alpha value is -2.32. The van der Waals surface area contributed by atoms with Crippen LogP contribution in [-0.4, -0.2) is 64.2 Å². The Morgan fingerprint density at radius 1 is 1.28 bits per heavy atom. The summed E-state index contributed by atoms with van der Waals surface area (Å²) in [6.07, 6.45) is -0.0142. The summed E-state index contributed by atoms with van der Waals surface area (Å²) in [7, 11) is 0. The SMILES string of the molecule is CC(C)(C)OC(=O)N1CCC2(CC1)NC(=O)[C@H](CCC(=O)O)NC2=O. The van der Waals surface area contributed by atoms with Crippen molar-refractivity contribution in [3.63, 3.8) is 0 Å². The summed E-state index contributed by atoms with van der Waals surface area (Å²) >= 11 is 0. The summed E-state index contributed by atoms with van der Waals surface area (Å²) in [5, 5.41) is 14.1. The number of hydrogen-bond acceptors (Lipinski definition) is 5. The summed E-state index contributed by atoms with van der Waals surface area (Å²) in [6.45, 7) is 5.93. The fourth-order valence-corrected chi connectivity index (χ4v) is 2.96. The predicted molar refractivity (Wildman–Crippen MR) is 86.7 cm³/mol. The Morgan fingerprint density at radius 3 is 2.40 bits per heavy atom. The maximum atomic E-state index is 12.5. The highest BCUT2D eigenvalue weighted by molar-refractivity contribution is 6.00. The van der Waals surface area contributed by atoms with Crippen LogP contribution in [0.1, 0.15) is 46.5 Å². The molecule has 0 aliphatic carbocycles. The van der Waals surface area contributed by atoms with E-state index in [1.165, 1.54) is 4.90 Å². The van der Waals surface area contributed by atoms with Crippen molar-refractivity contribution in [1.29, 1.82) is 0 Å². The van der Waals surface area contributed by atoms with Gasteiger partial charge >= 0.3 is 12.1 Å². The lowest BCUT2D eigenvalue weighted by molar-refractivity contribution is -0.144. The Labute approximate surface area is 146 Å². The van der Waals surface area contributed by atoms with Crippen molar-refractivity contribution in [1.82, 2.24) is 15.5 Å². The van der Waals surface area contributed by atoms with E-state index in [1.54, 1.807) is 20.8 Å². The molecule has 25 heavy (non-hydrogen) atoms. The number of carbonyl (C=O) groups excluding carboxylic acids is 3. The second-order valence-electron chi connectivity index (χ2n) is 7.50. The van der Waals surface area contributed by atoms with Gasteiger partial charge in [0.25, 0.3) is 0 Å². The van der Waals surface area contributed by atoms with Crippen LogP contribution >= 0.6 is 0 Å². The van der Waals surface area contributed by atoms with E-state index in [9.17, 15) is 19.2 Å². The van der Waals surface area contributed by atoms with Crippen LogP contribution in [0.25, 0.3) is 0 Å².